The minimum Gasteiger partial charge on any atom is -0.493 e. The molecule has 4 aromatic rings. The average Bonchev–Trinajstić information content (AvgIpc) is 3.21. The number of methoxy groups -OCH3 is 2. The maximum atomic E-state index is 11.7. The highest BCUT2D eigenvalue weighted by Gasteiger charge is 2.18. The van der Waals surface area contributed by atoms with Crippen molar-refractivity contribution in [1.82, 2.24) is 9.97 Å². The summed E-state index contributed by atoms with van der Waals surface area (Å²) in [4.78, 5) is 20.8. The van der Waals surface area contributed by atoms with Gasteiger partial charge in [0.25, 0.3) is 0 Å². The Bertz CT molecular complexity index is 1380. The molecule has 0 aliphatic carbocycles. The molecule has 2 N–H and O–H groups in total. The summed E-state index contributed by atoms with van der Waals surface area (Å²) >= 11 is 0. The van der Waals surface area contributed by atoms with Gasteiger partial charge in [-0.05, 0) is 53.4 Å². The van der Waals surface area contributed by atoms with Gasteiger partial charge in [0.2, 0.25) is 5.91 Å². The first-order chi connectivity index (χ1) is 16.0. The highest BCUT2D eigenvalue weighted by molar-refractivity contribution is 5.99. The summed E-state index contributed by atoms with van der Waals surface area (Å²) in [6.07, 6.45) is 0.429. The molecule has 0 spiro atoms. The van der Waals surface area contributed by atoms with E-state index in [2.05, 4.69) is 44.9 Å². The lowest BCUT2D eigenvalue weighted by molar-refractivity contribution is -0.115. The van der Waals surface area contributed by atoms with Crippen molar-refractivity contribution in [1.29, 1.82) is 0 Å². The first-order valence-electron chi connectivity index (χ1n) is 10.7. The van der Waals surface area contributed by atoms with E-state index in [0.29, 0.717) is 30.3 Å². The maximum Gasteiger partial charge on any atom is 0.228 e. The van der Waals surface area contributed by atoms with Crippen molar-refractivity contribution in [2.75, 3.05) is 24.9 Å². The Balaban J connectivity index is 1.42. The van der Waals surface area contributed by atoms with Crippen LogP contribution in [0.25, 0.3) is 22.0 Å². The second-order valence-corrected chi connectivity index (χ2v) is 7.99. The molecule has 7 nitrogen and oxygen atoms in total. The van der Waals surface area contributed by atoms with Crippen molar-refractivity contribution in [3.05, 3.63) is 71.5 Å². The van der Waals surface area contributed by atoms with E-state index in [1.54, 1.807) is 14.2 Å². The summed E-state index contributed by atoms with van der Waals surface area (Å²) in [5.74, 6) is 2.72. The minimum absolute atomic E-state index is 0.0433. The molecule has 166 valence electrons. The Labute approximate surface area is 191 Å². The van der Waals surface area contributed by atoms with Gasteiger partial charge in [0, 0.05) is 23.7 Å². The normalized spacial score (nSPS) is 12.4. The third kappa shape index (κ3) is 4.05. The van der Waals surface area contributed by atoms with Crippen LogP contribution in [-0.4, -0.2) is 30.1 Å². The zero-order valence-electron chi connectivity index (χ0n) is 18.7. The fourth-order valence-corrected chi connectivity index (χ4v) is 4.16. The fraction of sp³-hybridized carbons (Fsp3) is 0.192. The van der Waals surface area contributed by atoms with Crippen molar-refractivity contribution < 1.29 is 14.3 Å². The molecule has 1 aliphatic heterocycles. The molecule has 2 heterocycles. The molecule has 0 saturated carbocycles. The molecule has 3 aromatic carbocycles. The zero-order valence-corrected chi connectivity index (χ0v) is 18.7. The minimum atomic E-state index is 0.0433. The zero-order chi connectivity index (χ0) is 22.9. The van der Waals surface area contributed by atoms with Crippen molar-refractivity contribution in [2.24, 2.45) is 0 Å². The van der Waals surface area contributed by atoms with Gasteiger partial charge in [-0.25, -0.2) is 9.97 Å². The molecule has 0 unspecified atom stereocenters. The van der Waals surface area contributed by atoms with E-state index >= 15 is 0 Å². The van der Waals surface area contributed by atoms with Crippen molar-refractivity contribution in [2.45, 2.75) is 19.9 Å². The van der Waals surface area contributed by atoms with Gasteiger partial charge in [0.1, 0.15) is 11.6 Å². The smallest absolute Gasteiger partial charge is 0.228 e. The Morgan fingerprint density at radius 3 is 2.58 bits per heavy atom. The second kappa shape index (κ2) is 8.43. The van der Waals surface area contributed by atoms with E-state index in [0.717, 1.165) is 44.7 Å². The monoisotopic (exact) mass is 440 g/mol. The summed E-state index contributed by atoms with van der Waals surface area (Å²) in [6, 6.07) is 18.2. The van der Waals surface area contributed by atoms with Gasteiger partial charge in [-0.1, -0.05) is 24.3 Å². The van der Waals surface area contributed by atoms with Gasteiger partial charge in [0.15, 0.2) is 11.5 Å². The summed E-state index contributed by atoms with van der Waals surface area (Å²) in [6.45, 7) is 2.47. The summed E-state index contributed by atoms with van der Waals surface area (Å²) < 4.78 is 10.9. The van der Waals surface area contributed by atoms with E-state index in [1.165, 1.54) is 0 Å². The molecule has 1 amide bonds. The molecular formula is C26H24N4O3. The summed E-state index contributed by atoms with van der Waals surface area (Å²) in [5.41, 5.74) is 6.04. The lowest BCUT2D eigenvalue weighted by Crippen LogP contribution is -2.05. The van der Waals surface area contributed by atoms with Crippen LogP contribution in [0.4, 0.5) is 11.5 Å². The van der Waals surface area contributed by atoms with E-state index in [4.69, 9.17) is 9.47 Å². The molecule has 5 rings (SSSR count). The first-order valence-corrected chi connectivity index (χ1v) is 10.7. The Morgan fingerprint density at radius 1 is 0.970 bits per heavy atom. The van der Waals surface area contributed by atoms with Crippen LogP contribution >= 0.6 is 0 Å². The number of ether oxygens (including phenoxy) is 2. The number of aryl methyl sites for hydroxylation is 1. The number of hydrogen-bond donors (Lipinski definition) is 2. The molecule has 0 atom stereocenters. The van der Waals surface area contributed by atoms with Crippen LogP contribution in [0.5, 0.6) is 11.5 Å². The largest absolute Gasteiger partial charge is 0.493 e. The molecule has 0 fully saturated rings. The quantitative estimate of drug-likeness (QED) is 0.451. The van der Waals surface area contributed by atoms with E-state index < -0.39 is 0 Å². The van der Waals surface area contributed by atoms with Crippen LogP contribution < -0.4 is 20.1 Å². The average molecular weight is 441 g/mol. The van der Waals surface area contributed by atoms with Gasteiger partial charge in [-0.2, -0.15) is 0 Å². The van der Waals surface area contributed by atoms with Crippen LogP contribution in [0.15, 0.2) is 54.6 Å². The molecule has 1 aromatic heterocycles. The van der Waals surface area contributed by atoms with E-state index in [9.17, 15) is 4.79 Å². The summed E-state index contributed by atoms with van der Waals surface area (Å²) in [5, 5.41) is 7.21. The lowest BCUT2D eigenvalue weighted by Gasteiger charge is -2.13. The Morgan fingerprint density at radius 2 is 1.76 bits per heavy atom. The number of anilines is 2. The third-order valence-electron chi connectivity index (χ3n) is 5.76. The van der Waals surface area contributed by atoms with Gasteiger partial charge in [0.05, 0.1) is 26.2 Å². The predicted molar refractivity (Wildman–Crippen MR) is 129 cm³/mol. The highest BCUT2D eigenvalue weighted by atomic mass is 16.5. The first kappa shape index (κ1) is 20.8. The van der Waals surface area contributed by atoms with E-state index in [-0.39, 0.29) is 5.91 Å². The maximum absolute atomic E-state index is 11.7. The van der Waals surface area contributed by atoms with Gasteiger partial charge in [-0.3, -0.25) is 4.79 Å². The van der Waals surface area contributed by atoms with E-state index in [1.807, 2.05) is 37.3 Å². The molecule has 33 heavy (non-hydrogen) atoms. The number of rotatable bonds is 6. The van der Waals surface area contributed by atoms with Crippen molar-refractivity contribution in [3.63, 3.8) is 0 Å². The number of nitrogens with one attached hydrogen (secondary N) is 2. The topological polar surface area (TPSA) is 85.4 Å². The van der Waals surface area contributed by atoms with Gasteiger partial charge >= 0.3 is 0 Å². The number of nitrogens with zero attached hydrogens (tertiary/aromatic N) is 2. The van der Waals surface area contributed by atoms with Gasteiger partial charge in [-0.15, -0.1) is 0 Å². The predicted octanol–water partition coefficient (Wildman–Crippen LogP) is 4.73. The molecule has 1 aliphatic rings. The van der Waals surface area contributed by atoms with Crippen LogP contribution in [0.1, 0.15) is 17.0 Å². The van der Waals surface area contributed by atoms with Crippen LogP contribution in [0, 0.1) is 6.92 Å². The number of hydrogen-bond acceptors (Lipinski definition) is 6. The fourth-order valence-electron chi connectivity index (χ4n) is 4.16. The van der Waals surface area contributed by atoms with Crippen LogP contribution in [-0.2, 0) is 17.8 Å². The number of carbonyl (C=O) groups is 1. The van der Waals surface area contributed by atoms with Crippen molar-refractivity contribution >= 4 is 28.3 Å². The van der Waals surface area contributed by atoms with Crippen molar-refractivity contribution in [3.8, 4) is 22.6 Å². The van der Waals surface area contributed by atoms with Crippen LogP contribution in [0.3, 0.4) is 0 Å². The Kier molecular flexibility index (Phi) is 5.30. The standard InChI is InChI=1S/C26H24N4O3/c1-15-28-22-13-24(33-3)23(32-2)12-20(22)26(29-15)27-14-16-5-4-6-17(9-16)18-7-8-21-19(10-18)11-25(31)30-21/h4-10,12-13H,11,14H2,1-3H3,(H,30,31)(H,27,28,29). The number of carbonyl (C=O) groups excluding carboxylic acids is 1. The molecular weight excluding hydrogens is 416 g/mol. The van der Waals surface area contributed by atoms with Gasteiger partial charge < -0.3 is 20.1 Å². The molecule has 7 heteroatoms. The number of benzene rings is 3. The van der Waals surface area contributed by atoms with Crippen LogP contribution in [0.2, 0.25) is 0 Å². The molecule has 0 saturated heterocycles. The number of fused-ring (bicyclic) bond motifs is 2. The number of amides is 1. The Hall–Kier alpha value is -4.13. The SMILES string of the molecule is COc1cc2nc(C)nc(NCc3cccc(-c4ccc5c(c4)CC(=O)N5)c3)c2cc1OC. The molecule has 0 radical (unpaired) electrons. The highest BCUT2D eigenvalue weighted by Crippen LogP contribution is 2.34. The second-order valence-electron chi connectivity index (χ2n) is 7.99. The number of aromatic nitrogens is 2. The lowest BCUT2D eigenvalue weighted by atomic mass is 10.00. The molecule has 0 bridgehead atoms. The summed E-state index contributed by atoms with van der Waals surface area (Å²) in [7, 11) is 3.22. The third-order valence-corrected chi connectivity index (χ3v) is 5.76.